The van der Waals surface area contributed by atoms with E-state index in [1.165, 1.54) is 6.07 Å². The quantitative estimate of drug-likeness (QED) is 0.739. The van der Waals surface area contributed by atoms with Crippen molar-refractivity contribution < 1.29 is 13.7 Å². The van der Waals surface area contributed by atoms with Gasteiger partial charge in [0.05, 0.1) is 16.7 Å². The fourth-order valence-corrected chi connectivity index (χ4v) is 3.11. The zero-order valence-electron chi connectivity index (χ0n) is 14.4. The van der Waals surface area contributed by atoms with Gasteiger partial charge in [0.1, 0.15) is 11.6 Å². The zero-order valence-corrected chi connectivity index (χ0v) is 14.4. The van der Waals surface area contributed by atoms with E-state index in [-0.39, 0.29) is 11.7 Å². The highest BCUT2D eigenvalue weighted by Gasteiger charge is 2.53. The van der Waals surface area contributed by atoms with E-state index in [9.17, 15) is 9.18 Å². The summed E-state index contributed by atoms with van der Waals surface area (Å²) in [5.41, 5.74) is 0.252. The first-order valence-corrected chi connectivity index (χ1v) is 8.58. The Bertz CT molecular complexity index is 942. The van der Waals surface area contributed by atoms with Gasteiger partial charge in [0.15, 0.2) is 5.76 Å². The molecule has 0 saturated heterocycles. The number of benzene rings is 1. The van der Waals surface area contributed by atoms with Crippen molar-refractivity contribution in [3.63, 3.8) is 0 Å². The van der Waals surface area contributed by atoms with E-state index < -0.39 is 5.41 Å². The maximum Gasteiger partial charge on any atom is 0.232 e. The van der Waals surface area contributed by atoms with Gasteiger partial charge in [-0.1, -0.05) is 17.3 Å². The number of rotatable bonds is 6. The number of nitrogens with zero attached hydrogens (tertiary/aromatic N) is 3. The molecule has 1 N–H and O–H groups in total. The Morgan fingerprint density at radius 2 is 2.19 bits per heavy atom. The minimum absolute atomic E-state index is 0.0661. The molecule has 7 heteroatoms. The molecular formula is C19H19FN4O2. The zero-order chi connectivity index (χ0) is 18.1. The van der Waals surface area contributed by atoms with Crippen molar-refractivity contribution in [2.75, 3.05) is 6.54 Å². The van der Waals surface area contributed by atoms with Crippen LogP contribution in [0, 0.1) is 12.7 Å². The van der Waals surface area contributed by atoms with Crippen LogP contribution in [0.3, 0.4) is 0 Å². The Morgan fingerprint density at radius 3 is 2.88 bits per heavy atom. The molecule has 0 bridgehead atoms. The molecule has 0 radical (unpaired) electrons. The van der Waals surface area contributed by atoms with Gasteiger partial charge >= 0.3 is 0 Å². The summed E-state index contributed by atoms with van der Waals surface area (Å²) in [6, 6.07) is 8.03. The average molecular weight is 354 g/mol. The van der Waals surface area contributed by atoms with Gasteiger partial charge in [-0.15, -0.1) is 0 Å². The summed E-state index contributed by atoms with van der Waals surface area (Å²) in [7, 11) is 0. The van der Waals surface area contributed by atoms with Gasteiger partial charge < -0.3 is 14.4 Å². The van der Waals surface area contributed by atoms with Crippen LogP contribution in [-0.4, -0.2) is 27.2 Å². The first-order chi connectivity index (χ1) is 12.6. The third kappa shape index (κ3) is 2.89. The molecule has 0 atom stereocenters. The summed E-state index contributed by atoms with van der Waals surface area (Å²) >= 11 is 0. The molecule has 1 aliphatic carbocycles. The number of halogens is 1. The molecule has 2 heterocycles. The van der Waals surface area contributed by atoms with Crippen molar-refractivity contribution in [3.05, 3.63) is 60.1 Å². The van der Waals surface area contributed by atoms with Crippen LogP contribution in [0.2, 0.25) is 0 Å². The number of imidazole rings is 1. The Morgan fingerprint density at radius 1 is 1.38 bits per heavy atom. The molecule has 1 aromatic carbocycles. The maximum absolute atomic E-state index is 13.9. The normalized spacial score (nSPS) is 15.0. The first kappa shape index (κ1) is 16.5. The molecule has 2 aromatic heterocycles. The molecular weight excluding hydrogens is 335 g/mol. The van der Waals surface area contributed by atoms with Crippen molar-refractivity contribution in [2.45, 2.75) is 31.7 Å². The van der Waals surface area contributed by atoms with Crippen molar-refractivity contribution >= 4 is 5.91 Å². The lowest BCUT2D eigenvalue weighted by Gasteiger charge is -2.13. The summed E-state index contributed by atoms with van der Waals surface area (Å²) in [4.78, 5) is 16.8. The standard InChI is InChI=1S/C19H19FN4O2/c1-13-21-8-10-24(13)11-9-22-18(25)19(6-7-19)17-12-16(26-23-17)14-4-2-3-5-15(14)20/h2-5,8,10,12H,6-7,9,11H2,1H3,(H,22,25). The molecule has 134 valence electrons. The second kappa shape index (κ2) is 6.40. The molecule has 3 aromatic rings. The van der Waals surface area contributed by atoms with Crippen molar-refractivity contribution in [3.8, 4) is 11.3 Å². The van der Waals surface area contributed by atoms with E-state index in [0.717, 1.165) is 5.82 Å². The highest BCUT2D eigenvalue weighted by atomic mass is 19.1. The van der Waals surface area contributed by atoms with Crippen LogP contribution in [0.25, 0.3) is 11.3 Å². The molecule has 1 fully saturated rings. The Hall–Kier alpha value is -2.96. The number of aromatic nitrogens is 3. The van der Waals surface area contributed by atoms with E-state index in [4.69, 9.17) is 4.52 Å². The molecule has 1 aliphatic rings. The number of nitrogens with one attached hydrogen (secondary N) is 1. The molecule has 0 unspecified atom stereocenters. The van der Waals surface area contributed by atoms with Crippen LogP contribution >= 0.6 is 0 Å². The number of hydrogen-bond acceptors (Lipinski definition) is 4. The average Bonchev–Trinajstić information content (AvgIpc) is 3.12. The van der Waals surface area contributed by atoms with Crippen LogP contribution in [0.4, 0.5) is 4.39 Å². The minimum atomic E-state index is -0.656. The smallest absolute Gasteiger partial charge is 0.232 e. The van der Waals surface area contributed by atoms with E-state index in [0.29, 0.717) is 42.9 Å². The fraction of sp³-hybridized carbons (Fsp3) is 0.316. The number of carbonyl (C=O) groups is 1. The predicted molar refractivity (Wildman–Crippen MR) is 92.8 cm³/mol. The summed E-state index contributed by atoms with van der Waals surface area (Å²) in [5, 5.41) is 7.01. The molecule has 26 heavy (non-hydrogen) atoms. The Kier molecular flexibility index (Phi) is 4.06. The first-order valence-electron chi connectivity index (χ1n) is 8.58. The lowest BCUT2D eigenvalue weighted by atomic mass is 10.0. The predicted octanol–water partition coefficient (Wildman–Crippen LogP) is 2.83. The van der Waals surface area contributed by atoms with Crippen LogP contribution < -0.4 is 5.32 Å². The highest BCUT2D eigenvalue weighted by Crippen LogP contribution is 2.48. The van der Waals surface area contributed by atoms with Crippen LogP contribution in [-0.2, 0) is 16.8 Å². The van der Waals surface area contributed by atoms with Crippen LogP contribution in [0.5, 0.6) is 0 Å². The monoisotopic (exact) mass is 354 g/mol. The second-order valence-corrected chi connectivity index (χ2v) is 6.56. The van der Waals surface area contributed by atoms with Gasteiger partial charge in [-0.05, 0) is 31.9 Å². The Labute approximate surface area is 150 Å². The van der Waals surface area contributed by atoms with Gasteiger partial charge in [0.25, 0.3) is 0 Å². The Balaban J connectivity index is 1.45. The third-order valence-corrected chi connectivity index (χ3v) is 4.89. The summed E-state index contributed by atoms with van der Waals surface area (Å²) in [6.45, 7) is 3.09. The fourth-order valence-electron chi connectivity index (χ4n) is 3.11. The van der Waals surface area contributed by atoms with Crippen molar-refractivity contribution in [1.29, 1.82) is 0 Å². The number of aryl methyl sites for hydroxylation is 1. The van der Waals surface area contributed by atoms with Crippen LogP contribution in [0.1, 0.15) is 24.4 Å². The molecule has 4 rings (SSSR count). The van der Waals surface area contributed by atoms with Crippen molar-refractivity contribution in [1.82, 2.24) is 20.0 Å². The van der Waals surface area contributed by atoms with Gasteiger partial charge in [-0.25, -0.2) is 9.37 Å². The second-order valence-electron chi connectivity index (χ2n) is 6.56. The molecule has 1 saturated carbocycles. The SMILES string of the molecule is Cc1nccn1CCNC(=O)C1(c2cc(-c3ccccc3F)on2)CC1. The lowest BCUT2D eigenvalue weighted by Crippen LogP contribution is -2.36. The highest BCUT2D eigenvalue weighted by molar-refractivity contribution is 5.91. The maximum atomic E-state index is 13.9. The topological polar surface area (TPSA) is 73.0 Å². The largest absolute Gasteiger partial charge is 0.356 e. The summed E-state index contributed by atoms with van der Waals surface area (Å²) in [5.74, 6) is 0.807. The molecule has 0 aliphatic heterocycles. The summed E-state index contributed by atoms with van der Waals surface area (Å²) in [6.07, 6.45) is 5.05. The number of hydrogen-bond donors (Lipinski definition) is 1. The van der Waals surface area contributed by atoms with Gasteiger partial charge in [-0.2, -0.15) is 0 Å². The van der Waals surface area contributed by atoms with E-state index in [2.05, 4.69) is 15.5 Å². The van der Waals surface area contributed by atoms with E-state index in [1.54, 1.807) is 30.5 Å². The minimum Gasteiger partial charge on any atom is -0.356 e. The van der Waals surface area contributed by atoms with Gasteiger partial charge in [0.2, 0.25) is 5.91 Å². The number of carbonyl (C=O) groups excluding carboxylic acids is 1. The number of amides is 1. The van der Waals surface area contributed by atoms with E-state index in [1.807, 2.05) is 17.7 Å². The molecule has 1 amide bonds. The van der Waals surface area contributed by atoms with Gasteiger partial charge in [0, 0.05) is 31.5 Å². The van der Waals surface area contributed by atoms with Crippen molar-refractivity contribution in [2.24, 2.45) is 0 Å². The summed E-state index contributed by atoms with van der Waals surface area (Å²) < 4.78 is 21.2. The third-order valence-electron chi connectivity index (χ3n) is 4.89. The van der Waals surface area contributed by atoms with E-state index >= 15 is 0 Å². The van der Waals surface area contributed by atoms with Crippen LogP contribution in [0.15, 0.2) is 47.2 Å². The molecule has 6 nitrogen and oxygen atoms in total. The molecule has 0 spiro atoms. The van der Waals surface area contributed by atoms with Gasteiger partial charge in [-0.3, -0.25) is 4.79 Å². The lowest BCUT2D eigenvalue weighted by molar-refractivity contribution is -0.123.